The molecule has 2 N–H and O–H groups in total. The largest absolute Gasteiger partial charge is 0.459 e. The molecule has 3 aromatic rings. The zero-order valence-corrected chi connectivity index (χ0v) is 16.1. The summed E-state index contributed by atoms with van der Waals surface area (Å²) >= 11 is 3.31. The molecule has 0 aliphatic heterocycles. The number of amides is 1. The van der Waals surface area contributed by atoms with Crippen molar-refractivity contribution in [3.8, 4) is 0 Å². The van der Waals surface area contributed by atoms with Crippen molar-refractivity contribution in [3.05, 3.63) is 76.7 Å². The van der Waals surface area contributed by atoms with Gasteiger partial charge < -0.3 is 9.73 Å². The van der Waals surface area contributed by atoms with Crippen LogP contribution in [-0.2, 0) is 10.0 Å². The Balaban J connectivity index is 1.86. The van der Waals surface area contributed by atoms with E-state index >= 15 is 0 Å². The lowest BCUT2D eigenvalue weighted by Gasteiger charge is -2.12. The minimum Gasteiger partial charge on any atom is -0.459 e. The molecule has 0 aliphatic rings. The van der Waals surface area contributed by atoms with E-state index in [1.165, 1.54) is 18.4 Å². The molecule has 8 heteroatoms. The Morgan fingerprint density at radius 3 is 2.38 bits per heavy atom. The van der Waals surface area contributed by atoms with Crippen molar-refractivity contribution in [3.63, 3.8) is 0 Å². The van der Waals surface area contributed by atoms with Crippen LogP contribution in [0.2, 0.25) is 0 Å². The summed E-state index contributed by atoms with van der Waals surface area (Å²) in [7, 11) is -3.81. The van der Waals surface area contributed by atoms with Crippen molar-refractivity contribution in [2.45, 2.75) is 11.8 Å². The minimum atomic E-state index is -3.81. The first kappa shape index (κ1) is 18.2. The Morgan fingerprint density at radius 2 is 1.73 bits per heavy atom. The SMILES string of the molecule is Cc1ccc(NC(=O)c2ccco2)cc1S(=O)(=O)Nc1ccc(Br)cc1. The summed E-state index contributed by atoms with van der Waals surface area (Å²) in [6.07, 6.45) is 1.39. The molecule has 0 aliphatic carbocycles. The van der Waals surface area contributed by atoms with Crippen molar-refractivity contribution in [2.24, 2.45) is 0 Å². The Labute approximate surface area is 159 Å². The third-order valence-electron chi connectivity index (χ3n) is 3.58. The van der Waals surface area contributed by atoms with Gasteiger partial charge in [-0.25, -0.2) is 8.42 Å². The van der Waals surface area contributed by atoms with Crippen molar-refractivity contribution < 1.29 is 17.6 Å². The van der Waals surface area contributed by atoms with Crippen LogP contribution >= 0.6 is 15.9 Å². The molecule has 26 heavy (non-hydrogen) atoms. The van der Waals surface area contributed by atoms with Gasteiger partial charge in [0.1, 0.15) is 0 Å². The molecule has 6 nitrogen and oxygen atoms in total. The predicted molar refractivity (Wildman–Crippen MR) is 103 cm³/mol. The number of hydrogen-bond donors (Lipinski definition) is 2. The molecular formula is C18H15BrN2O4S. The summed E-state index contributed by atoms with van der Waals surface area (Å²) in [6, 6.07) is 14.6. The number of rotatable bonds is 5. The van der Waals surface area contributed by atoms with E-state index in [9.17, 15) is 13.2 Å². The minimum absolute atomic E-state index is 0.0812. The molecule has 0 spiro atoms. The highest BCUT2D eigenvalue weighted by Gasteiger charge is 2.19. The summed E-state index contributed by atoms with van der Waals surface area (Å²) in [5.41, 5.74) is 1.36. The maximum Gasteiger partial charge on any atom is 0.291 e. The third kappa shape index (κ3) is 4.14. The number of benzene rings is 2. The van der Waals surface area contributed by atoms with Crippen molar-refractivity contribution in [2.75, 3.05) is 10.0 Å². The first-order valence-electron chi connectivity index (χ1n) is 7.59. The van der Waals surface area contributed by atoms with E-state index < -0.39 is 15.9 Å². The molecule has 0 radical (unpaired) electrons. The zero-order valence-electron chi connectivity index (χ0n) is 13.7. The molecule has 2 aromatic carbocycles. The van der Waals surface area contributed by atoms with Crippen LogP contribution in [0.1, 0.15) is 16.1 Å². The fourth-order valence-corrected chi connectivity index (χ4v) is 3.89. The van der Waals surface area contributed by atoms with E-state index in [0.29, 0.717) is 16.9 Å². The summed E-state index contributed by atoms with van der Waals surface area (Å²) in [4.78, 5) is 12.2. The lowest BCUT2D eigenvalue weighted by atomic mass is 10.2. The normalized spacial score (nSPS) is 11.2. The fourth-order valence-electron chi connectivity index (χ4n) is 2.30. The van der Waals surface area contributed by atoms with Crippen LogP contribution in [0.15, 0.2) is 74.6 Å². The number of sulfonamides is 1. The van der Waals surface area contributed by atoms with Crippen LogP contribution in [-0.4, -0.2) is 14.3 Å². The topological polar surface area (TPSA) is 88.4 Å². The van der Waals surface area contributed by atoms with Crippen molar-refractivity contribution in [1.82, 2.24) is 0 Å². The van der Waals surface area contributed by atoms with E-state index in [-0.39, 0.29) is 10.7 Å². The Kier molecular flexibility index (Phi) is 5.15. The molecule has 0 unspecified atom stereocenters. The van der Waals surface area contributed by atoms with Gasteiger partial charge in [-0.15, -0.1) is 0 Å². The predicted octanol–water partition coefficient (Wildman–Crippen LogP) is 4.40. The lowest BCUT2D eigenvalue weighted by molar-refractivity contribution is 0.0996. The Morgan fingerprint density at radius 1 is 1.04 bits per heavy atom. The number of anilines is 2. The second kappa shape index (κ2) is 7.35. The van der Waals surface area contributed by atoms with Gasteiger partial charge in [0.05, 0.1) is 11.2 Å². The first-order valence-corrected chi connectivity index (χ1v) is 9.87. The molecular weight excluding hydrogens is 420 g/mol. The van der Waals surface area contributed by atoms with Crippen molar-refractivity contribution >= 4 is 43.2 Å². The number of hydrogen-bond acceptors (Lipinski definition) is 4. The average Bonchev–Trinajstić information content (AvgIpc) is 3.13. The number of nitrogens with one attached hydrogen (secondary N) is 2. The van der Waals surface area contributed by atoms with E-state index in [0.717, 1.165) is 4.47 Å². The van der Waals surface area contributed by atoms with Crippen molar-refractivity contribution in [1.29, 1.82) is 0 Å². The maximum atomic E-state index is 12.7. The van der Waals surface area contributed by atoms with Crippen LogP contribution in [0.5, 0.6) is 0 Å². The van der Waals surface area contributed by atoms with Gasteiger partial charge in [0.2, 0.25) is 0 Å². The molecule has 1 aromatic heterocycles. The van der Waals surface area contributed by atoms with Gasteiger partial charge >= 0.3 is 0 Å². The molecule has 3 rings (SSSR count). The van der Waals surface area contributed by atoms with Gasteiger partial charge in [-0.3, -0.25) is 9.52 Å². The van der Waals surface area contributed by atoms with Gasteiger partial charge in [-0.05, 0) is 61.0 Å². The second-order valence-electron chi connectivity index (χ2n) is 5.52. The standard InChI is InChI=1S/C18H15BrN2O4S/c1-12-4-7-15(20-18(22)16-3-2-10-25-16)11-17(12)26(23,24)21-14-8-5-13(19)6-9-14/h2-11,21H,1H3,(H,20,22). The zero-order chi connectivity index (χ0) is 18.7. The van der Waals surface area contributed by atoms with Gasteiger partial charge in [0.15, 0.2) is 5.76 Å². The Hall–Kier alpha value is -2.58. The van der Waals surface area contributed by atoms with Crippen LogP contribution in [0.25, 0.3) is 0 Å². The van der Waals surface area contributed by atoms with Gasteiger partial charge in [-0.1, -0.05) is 22.0 Å². The summed E-state index contributed by atoms with van der Waals surface area (Å²) in [5.74, 6) is -0.314. The molecule has 0 fully saturated rings. The van der Waals surface area contributed by atoms with E-state index in [1.54, 1.807) is 49.4 Å². The summed E-state index contributed by atoms with van der Waals surface area (Å²) < 4.78 is 33.8. The van der Waals surface area contributed by atoms with Crippen LogP contribution in [0.4, 0.5) is 11.4 Å². The second-order valence-corrected chi connectivity index (χ2v) is 8.09. The number of furan rings is 1. The molecule has 1 heterocycles. The van der Waals surface area contributed by atoms with Gasteiger partial charge in [0, 0.05) is 15.8 Å². The quantitative estimate of drug-likeness (QED) is 0.622. The van der Waals surface area contributed by atoms with E-state index in [2.05, 4.69) is 26.0 Å². The highest BCUT2D eigenvalue weighted by Crippen LogP contribution is 2.24. The van der Waals surface area contributed by atoms with E-state index in [1.807, 2.05) is 0 Å². The van der Waals surface area contributed by atoms with Gasteiger partial charge in [0.25, 0.3) is 15.9 Å². The number of carbonyl (C=O) groups excluding carboxylic acids is 1. The smallest absolute Gasteiger partial charge is 0.291 e. The number of carbonyl (C=O) groups is 1. The highest BCUT2D eigenvalue weighted by molar-refractivity contribution is 9.10. The number of halogens is 1. The molecule has 0 atom stereocenters. The first-order chi connectivity index (χ1) is 12.3. The number of aryl methyl sites for hydroxylation is 1. The Bertz CT molecular complexity index is 1030. The van der Waals surface area contributed by atoms with Gasteiger partial charge in [-0.2, -0.15) is 0 Å². The van der Waals surface area contributed by atoms with Crippen LogP contribution < -0.4 is 10.0 Å². The average molecular weight is 435 g/mol. The third-order valence-corrected chi connectivity index (χ3v) is 5.63. The van der Waals surface area contributed by atoms with Crippen LogP contribution in [0.3, 0.4) is 0 Å². The van der Waals surface area contributed by atoms with Crippen LogP contribution in [0, 0.1) is 6.92 Å². The molecule has 1 amide bonds. The molecule has 0 saturated heterocycles. The monoisotopic (exact) mass is 434 g/mol. The summed E-state index contributed by atoms with van der Waals surface area (Å²) in [6.45, 7) is 1.69. The van der Waals surface area contributed by atoms with E-state index in [4.69, 9.17) is 4.42 Å². The summed E-state index contributed by atoms with van der Waals surface area (Å²) in [5, 5.41) is 2.62. The molecule has 0 bridgehead atoms. The highest BCUT2D eigenvalue weighted by atomic mass is 79.9. The maximum absolute atomic E-state index is 12.7. The molecule has 134 valence electrons. The molecule has 0 saturated carbocycles. The lowest BCUT2D eigenvalue weighted by Crippen LogP contribution is -2.16. The fraction of sp³-hybridized carbons (Fsp3) is 0.0556.